The number of carbonyl (C=O) groups excluding carboxylic acids is 2. The fourth-order valence-corrected chi connectivity index (χ4v) is 6.04. The standard InChI is InChI=1S/C36H49N5O5/c1-25(2)34(40-20-12-19-37-41(40)45)36(44)38-30(21-28-15-7-5-8-16-28)23-32(42)31(22-29-17-9-6-10-18-29)39-33(43)24-46-35-26(3)13-11-14-27(35)4/h5-11,13-18,25,30-32,34,37,42,45H,12,19-24H2,1-4H3,(H,38,44)(H,39,43)/t30?,31?,32-,34-/m0/s1. The number of nitrogens with zero attached hydrogens (tertiary/aromatic N) is 2. The van der Waals surface area contributed by atoms with Crippen LogP contribution in [0.4, 0.5) is 0 Å². The van der Waals surface area contributed by atoms with Gasteiger partial charge in [-0.1, -0.05) is 98.0 Å². The Morgan fingerprint density at radius 3 is 2.09 bits per heavy atom. The van der Waals surface area contributed by atoms with Gasteiger partial charge in [0.15, 0.2) is 6.61 Å². The monoisotopic (exact) mass is 631 g/mol. The number of ether oxygens (including phenoxy) is 1. The van der Waals surface area contributed by atoms with Crippen LogP contribution >= 0.6 is 0 Å². The van der Waals surface area contributed by atoms with Crippen LogP contribution in [0.3, 0.4) is 0 Å². The summed E-state index contributed by atoms with van der Waals surface area (Å²) in [6, 6.07) is 23.6. The molecule has 4 atom stereocenters. The molecule has 46 heavy (non-hydrogen) atoms. The summed E-state index contributed by atoms with van der Waals surface area (Å²) in [7, 11) is 0. The molecule has 0 saturated carbocycles. The van der Waals surface area contributed by atoms with Crippen LogP contribution in [0, 0.1) is 19.8 Å². The van der Waals surface area contributed by atoms with E-state index in [9.17, 15) is 19.9 Å². The van der Waals surface area contributed by atoms with Crippen molar-refractivity contribution in [2.24, 2.45) is 5.92 Å². The first-order valence-electron chi connectivity index (χ1n) is 16.2. The Morgan fingerprint density at radius 1 is 0.891 bits per heavy atom. The van der Waals surface area contributed by atoms with Gasteiger partial charge in [0.1, 0.15) is 11.8 Å². The number of hydrogen-bond acceptors (Lipinski definition) is 8. The molecule has 10 nitrogen and oxygen atoms in total. The molecule has 5 N–H and O–H groups in total. The van der Waals surface area contributed by atoms with E-state index in [0.29, 0.717) is 31.7 Å². The summed E-state index contributed by atoms with van der Waals surface area (Å²) in [5, 5.41) is 30.9. The van der Waals surface area contributed by atoms with Crippen molar-refractivity contribution in [3.05, 3.63) is 101 Å². The summed E-state index contributed by atoms with van der Waals surface area (Å²) < 4.78 is 5.90. The van der Waals surface area contributed by atoms with E-state index in [0.717, 1.165) is 34.0 Å². The van der Waals surface area contributed by atoms with E-state index in [-0.39, 0.29) is 30.8 Å². The number of carbonyl (C=O) groups is 2. The van der Waals surface area contributed by atoms with Crippen molar-refractivity contribution < 1.29 is 24.6 Å². The fourth-order valence-electron chi connectivity index (χ4n) is 6.04. The Balaban J connectivity index is 1.52. The maximum atomic E-state index is 13.8. The normalized spacial score (nSPS) is 16.8. The molecule has 0 spiro atoms. The number of hydrogen-bond donors (Lipinski definition) is 5. The minimum atomic E-state index is -0.984. The van der Waals surface area contributed by atoms with E-state index in [4.69, 9.17) is 4.74 Å². The maximum absolute atomic E-state index is 13.8. The van der Waals surface area contributed by atoms with E-state index in [1.54, 1.807) is 5.01 Å². The van der Waals surface area contributed by atoms with E-state index < -0.39 is 24.2 Å². The molecule has 3 aromatic carbocycles. The number of aliphatic hydroxyl groups is 1. The van der Waals surface area contributed by atoms with Gasteiger partial charge >= 0.3 is 0 Å². The van der Waals surface area contributed by atoms with Crippen LogP contribution in [0.15, 0.2) is 78.9 Å². The summed E-state index contributed by atoms with van der Waals surface area (Å²) >= 11 is 0. The molecule has 0 aromatic heterocycles. The van der Waals surface area contributed by atoms with Gasteiger partial charge in [0.25, 0.3) is 5.91 Å². The number of para-hydroxylation sites is 1. The molecule has 10 heteroatoms. The number of rotatable bonds is 15. The van der Waals surface area contributed by atoms with Gasteiger partial charge < -0.3 is 20.5 Å². The van der Waals surface area contributed by atoms with Gasteiger partial charge in [0.2, 0.25) is 5.91 Å². The van der Waals surface area contributed by atoms with Crippen LogP contribution < -0.4 is 20.8 Å². The molecule has 1 heterocycles. The summed E-state index contributed by atoms with van der Waals surface area (Å²) in [6.07, 6.45) is 0.880. The molecule has 1 aliphatic heterocycles. The third-order valence-corrected chi connectivity index (χ3v) is 8.34. The third-order valence-electron chi connectivity index (χ3n) is 8.34. The van der Waals surface area contributed by atoms with E-state index in [1.165, 1.54) is 0 Å². The number of aliphatic hydroxyl groups excluding tert-OH is 1. The highest BCUT2D eigenvalue weighted by atomic mass is 16.6. The molecule has 2 unspecified atom stereocenters. The SMILES string of the molecule is Cc1cccc(C)c1OCC(=O)NC(Cc1ccccc1)[C@@H](O)CC(Cc1ccccc1)NC(=O)[C@H](C(C)C)N1CCCNN1O. The fraction of sp³-hybridized carbons (Fsp3) is 0.444. The van der Waals surface area contributed by atoms with Gasteiger partial charge in [0, 0.05) is 19.1 Å². The second kappa shape index (κ2) is 17.2. The summed E-state index contributed by atoms with van der Waals surface area (Å²) in [5.41, 5.74) is 6.73. The van der Waals surface area contributed by atoms with Gasteiger partial charge in [0.05, 0.1) is 12.1 Å². The lowest BCUT2D eigenvalue weighted by atomic mass is 9.93. The molecular weight excluding hydrogens is 582 g/mol. The minimum Gasteiger partial charge on any atom is -0.483 e. The van der Waals surface area contributed by atoms with Gasteiger partial charge in [-0.05, 0) is 67.7 Å². The lowest BCUT2D eigenvalue weighted by Crippen LogP contribution is -2.63. The zero-order chi connectivity index (χ0) is 33.1. The van der Waals surface area contributed by atoms with Gasteiger partial charge in [-0.15, -0.1) is 0 Å². The predicted octanol–water partition coefficient (Wildman–Crippen LogP) is 3.73. The van der Waals surface area contributed by atoms with Crippen LogP contribution in [0.2, 0.25) is 0 Å². The van der Waals surface area contributed by atoms with Crippen molar-refractivity contribution in [1.82, 2.24) is 26.3 Å². The Bertz CT molecular complexity index is 1370. The summed E-state index contributed by atoms with van der Waals surface area (Å²) in [6.45, 7) is 8.72. The molecule has 248 valence electrons. The highest BCUT2D eigenvalue weighted by molar-refractivity contribution is 5.82. The number of nitrogens with one attached hydrogen (secondary N) is 3. The Labute approximate surface area is 272 Å². The zero-order valence-electron chi connectivity index (χ0n) is 27.4. The molecule has 1 fully saturated rings. The number of benzene rings is 3. The first-order chi connectivity index (χ1) is 22.1. The molecule has 4 rings (SSSR count). The van der Waals surface area contributed by atoms with Gasteiger partial charge in [-0.25, -0.2) is 5.43 Å². The predicted molar refractivity (Wildman–Crippen MR) is 178 cm³/mol. The molecule has 1 aliphatic rings. The number of amides is 2. The van der Waals surface area contributed by atoms with E-state index >= 15 is 0 Å². The van der Waals surface area contributed by atoms with E-state index in [1.807, 2.05) is 107 Å². The summed E-state index contributed by atoms with van der Waals surface area (Å²) in [5.74, 6) is -0.00401. The van der Waals surface area contributed by atoms with Crippen molar-refractivity contribution in [2.75, 3.05) is 19.7 Å². The second-order valence-corrected chi connectivity index (χ2v) is 12.5. The van der Waals surface area contributed by atoms with Crippen LogP contribution in [0.5, 0.6) is 5.75 Å². The second-order valence-electron chi connectivity index (χ2n) is 12.5. The smallest absolute Gasteiger partial charge is 0.258 e. The highest BCUT2D eigenvalue weighted by Crippen LogP contribution is 2.22. The largest absolute Gasteiger partial charge is 0.483 e. The molecule has 1 saturated heterocycles. The molecule has 2 amide bonds. The van der Waals surface area contributed by atoms with E-state index in [2.05, 4.69) is 16.1 Å². The number of hydrazine groups is 2. The molecule has 3 aromatic rings. The topological polar surface area (TPSA) is 126 Å². The maximum Gasteiger partial charge on any atom is 0.258 e. The van der Waals surface area contributed by atoms with Crippen LogP contribution in [0.25, 0.3) is 0 Å². The Morgan fingerprint density at radius 2 is 1.50 bits per heavy atom. The average Bonchev–Trinajstić information content (AvgIpc) is 3.02. The lowest BCUT2D eigenvalue weighted by molar-refractivity contribution is -0.308. The molecular formula is C36H49N5O5. The van der Waals surface area contributed by atoms with Crippen LogP contribution in [-0.2, 0) is 22.4 Å². The van der Waals surface area contributed by atoms with Crippen LogP contribution in [-0.4, -0.2) is 76.3 Å². The van der Waals surface area contributed by atoms with Crippen LogP contribution in [0.1, 0.15) is 48.9 Å². The van der Waals surface area contributed by atoms with Crippen molar-refractivity contribution in [1.29, 1.82) is 0 Å². The third kappa shape index (κ3) is 10.1. The van der Waals surface area contributed by atoms with Gasteiger partial charge in [-0.3, -0.25) is 14.8 Å². The van der Waals surface area contributed by atoms with Crippen molar-refractivity contribution in [3.8, 4) is 5.75 Å². The Hall–Kier alpha value is -3.80. The lowest BCUT2D eigenvalue weighted by Gasteiger charge is -2.41. The summed E-state index contributed by atoms with van der Waals surface area (Å²) in [4.78, 5) is 27.1. The van der Waals surface area contributed by atoms with Crippen molar-refractivity contribution in [3.63, 3.8) is 0 Å². The van der Waals surface area contributed by atoms with Gasteiger partial charge in [-0.2, -0.15) is 5.01 Å². The van der Waals surface area contributed by atoms with Crippen molar-refractivity contribution in [2.45, 2.75) is 77.6 Å². The average molecular weight is 632 g/mol. The molecule has 0 aliphatic carbocycles. The minimum absolute atomic E-state index is 0.0983. The first-order valence-corrected chi connectivity index (χ1v) is 16.2. The number of aryl methyl sites for hydroxylation is 2. The zero-order valence-corrected chi connectivity index (χ0v) is 27.4. The first kappa shape index (κ1) is 35.1. The quantitative estimate of drug-likeness (QED) is 0.172. The Kier molecular flexibility index (Phi) is 13.1. The molecule has 0 bridgehead atoms. The van der Waals surface area contributed by atoms with Crippen molar-refractivity contribution >= 4 is 11.8 Å². The highest BCUT2D eigenvalue weighted by Gasteiger charge is 2.36. The molecule has 0 radical (unpaired) electrons.